The third-order valence-corrected chi connectivity index (χ3v) is 3.91. The predicted molar refractivity (Wildman–Crippen MR) is 93.1 cm³/mol. The quantitative estimate of drug-likeness (QED) is 0.759. The molecule has 2 heterocycles. The second-order valence-corrected chi connectivity index (χ2v) is 5.69. The minimum Gasteiger partial charge on any atom is -0.484 e. The third kappa shape index (κ3) is 3.74. The zero-order valence-electron chi connectivity index (χ0n) is 14.0. The largest absolute Gasteiger partial charge is 0.484 e. The van der Waals surface area contributed by atoms with Crippen LogP contribution in [0.5, 0.6) is 5.75 Å². The van der Waals surface area contributed by atoms with Gasteiger partial charge in [-0.2, -0.15) is 0 Å². The summed E-state index contributed by atoms with van der Waals surface area (Å²) in [5.41, 5.74) is 4.06. The van der Waals surface area contributed by atoms with Gasteiger partial charge in [0, 0.05) is 11.9 Å². The number of carbonyl (C=O) groups is 1. The summed E-state index contributed by atoms with van der Waals surface area (Å²) in [7, 11) is 0. The number of hydrogen-bond acceptors (Lipinski definition) is 3. The maximum absolute atomic E-state index is 11.9. The molecule has 0 bridgehead atoms. The molecule has 5 heteroatoms. The number of carbonyl (C=O) groups excluding carboxylic acids is 1. The standard InChI is InChI=1S/C19H21N3O2/c1-3-15-7-9-17(10-8-15)24-13-19(23)20-11-16-12-22-14(2)5-4-6-18(22)21-16/h4-10,12H,3,11,13H2,1-2H3,(H,20,23). The minimum absolute atomic E-state index is 0.00211. The van der Waals surface area contributed by atoms with Gasteiger partial charge in [-0.25, -0.2) is 4.98 Å². The molecule has 1 amide bonds. The van der Waals surface area contributed by atoms with Crippen LogP contribution in [0.2, 0.25) is 0 Å². The van der Waals surface area contributed by atoms with E-state index in [-0.39, 0.29) is 12.5 Å². The number of fused-ring (bicyclic) bond motifs is 1. The first kappa shape index (κ1) is 16.1. The monoisotopic (exact) mass is 323 g/mol. The maximum Gasteiger partial charge on any atom is 0.258 e. The van der Waals surface area contributed by atoms with Crippen LogP contribution in [0.4, 0.5) is 0 Å². The Morgan fingerprint density at radius 1 is 1.21 bits per heavy atom. The number of amides is 1. The van der Waals surface area contributed by atoms with Crippen molar-refractivity contribution in [1.29, 1.82) is 0 Å². The van der Waals surface area contributed by atoms with Gasteiger partial charge < -0.3 is 14.5 Å². The van der Waals surface area contributed by atoms with Gasteiger partial charge in [-0.15, -0.1) is 0 Å². The predicted octanol–water partition coefficient (Wildman–Crippen LogP) is 2.90. The summed E-state index contributed by atoms with van der Waals surface area (Å²) in [4.78, 5) is 16.4. The highest BCUT2D eigenvalue weighted by Crippen LogP contribution is 2.12. The number of pyridine rings is 1. The normalized spacial score (nSPS) is 10.8. The van der Waals surface area contributed by atoms with Crippen LogP contribution in [0.25, 0.3) is 5.65 Å². The van der Waals surface area contributed by atoms with Crippen molar-refractivity contribution in [2.24, 2.45) is 0 Å². The Labute approximate surface area is 141 Å². The molecular weight excluding hydrogens is 302 g/mol. The molecule has 3 rings (SSSR count). The molecule has 0 saturated heterocycles. The molecule has 1 N–H and O–H groups in total. The zero-order valence-corrected chi connectivity index (χ0v) is 14.0. The van der Waals surface area contributed by atoms with Crippen LogP contribution in [0.3, 0.4) is 0 Å². The van der Waals surface area contributed by atoms with Crippen molar-refractivity contribution in [2.75, 3.05) is 6.61 Å². The molecule has 0 saturated carbocycles. The molecule has 1 aromatic carbocycles. The van der Waals surface area contributed by atoms with Crippen LogP contribution in [0.15, 0.2) is 48.7 Å². The van der Waals surface area contributed by atoms with Gasteiger partial charge >= 0.3 is 0 Å². The highest BCUT2D eigenvalue weighted by Gasteiger charge is 2.06. The summed E-state index contributed by atoms with van der Waals surface area (Å²) >= 11 is 0. The highest BCUT2D eigenvalue weighted by atomic mass is 16.5. The zero-order chi connectivity index (χ0) is 16.9. The second kappa shape index (κ2) is 7.17. The molecular formula is C19H21N3O2. The topological polar surface area (TPSA) is 55.6 Å². The number of nitrogens with one attached hydrogen (secondary N) is 1. The lowest BCUT2D eigenvalue weighted by Crippen LogP contribution is -2.28. The van der Waals surface area contributed by atoms with Crippen LogP contribution >= 0.6 is 0 Å². The lowest BCUT2D eigenvalue weighted by Gasteiger charge is -2.07. The lowest BCUT2D eigenvalue weighted by molar-refractivity contribution is -0.123. The van der Waals surface area contributed by atoms with Crippen molar-refractivity contribution < 1.29 is 9.53 Å². The fourth-order valence-electron chi connectivity index (χ4n) is 2.49. The van der Waals surface area contributed by atoms with Crippen LogP contribution < -0.4 is 10.1 Å². The first-order chi connectivity index (χ1) is 11.7. The summed E-state index contributed by atoms with van der Waals surface area (Å²) in [6, 6.07) is 13.7. The maximum atomic E-state index is 11.9. The summed E-state index contributed by atoms with van der Waals surface area (Å²) in [5, 5.41) is 2.83. The van der Waals surface area contributed by atoms with Crippen LogP contribution in [0, 0.1) is 6.92 Å². The Bertz CT molecular complexity index is 837. The molecule has 5 nitrogen and oxygen atoms in total. The molecule has 0 aliphatic rings. The smallest absolute Gasteiger partial charge is 0.258 e. The van der Waals surface area contributed by atoms with Crippen molar-refractivity contribution in [1.82, 2.24) is 14.7 Å². The number of hydrogen-bond donors (Lipinski definition) is 1. The summed E-state index contributed by atoms with van der Waals surface area (Å²) in [6.07, 6.45) is 2.93. The van der Waals surface area contributed by atoms with Crippen LogP contribution in [0.1, 0.15) is 23.9 Å². The Morgan fingerprint density at radius 2 is 2.00 bits per heavy atom. The van der Waals surface area contributed by atoms with E-state index < -0.39 is 0 Å². The van der Waals surface area contributed by atoms with Crippen LogP contribution in [-0.2, 0) is 17.8 Å². The SMILES string of the molecule is CCc1ccc(OCC(=O)NCc2cn3c(C)cccc3n2)cc1. The van der Waals surface area contributed by atoms with Crippen molar-refractivity contribution in [3.05, 3.63) is 65.6 Å². The number of aromatic nitrogens is 2. The van der Waals surface area contributed by atoms with E-state index in [1.807, 2.05) is 60.0 Å². The third-order valence-electron chi connectivity index (χ3n) is 3.91. The first-order valence-electron chi connectivity index (χ1n) is 8.07. The molecule has 0 aliphatic carbocycles. The molecule has 2 aromatic heterocycles. The van der Waals surface area contributed by atoms with Gasteiger partial charge in [0.25, 0.3) is 5.91 Å². The molecule has 0 fully saturated rings. The Kier molecular flexibility index (Phi) is 4.79. The van der Waals surface area contributed by atoms with E-state index in [9.17, 15) is 4.79 Å². The van der Waals surface area contributed by atoms with Gasteiger partial charge in [-0.3, -0.25) is 4.79 Å². The number of ether oxygens (including phenoxy) is 1. The molecule has 0 unspecified atom stereocenters. The molecule has 0 atom stereocenters. The van der Waals surface area contributed by atoms with Gasteiger partial charge in [0.15, 0.2) is 6.61 Å². The number of aryl methyl sites for hydroxylation is 2. The number of benzene rings is 1. The van der Waals surface area contributed by atoms with E-state index in [0.29, 0.717) is 12.3 Å². The van der Waals surface area contributed by atoms with E-state index in [1.165, 1.54) is 5.56 Å². The minimum atomic E-state index is -0.164. The summed E-state index contributed by atoms with van der Waals surface area (Å²) in [5.74, 6) is 0.536. The number of nitrogens with zero attached hydrogens (tertiary/aromatic N) is 2. The van der Waals surface area contributed by atoms with E-state index in [4.69, 9.17) is 4.74 Å². The molecule has 3 aromatic rings. The molecule has 0 radical (unpaired) electrons. The number of imidazole rings is 1. The van der Waals surface area contributed by atoms with Gasteiger partial charge in [0.05, 0.1) is 12.2 Å². The average molecular weight is 323 g/mol. The highest BCUT2D eigenvalue weighted by molar-refractivity contribution is 5.77. The van der Waals surface area contributed by atoms with Crippen molar-refractivity contribution in [3.8, 4) is 5.75 Å². The van der Waals surface area contributed by atoms with Gasteiger partial charge in [0.1, 0.15) is 11.4 Å². The van der Waals surface area contributed by atoms with Crippen molar-refractivity contribution in [3.63, 3.8) is 0 Å². The van der Waals surface area contributed by atoms with Crippen molar-refractivity contribution >= 4 is 11.6 Å². The van der Waals surface area contributed by atoms with Crippen molar-refractivity contribution in [2.45, 2.75) is 26.8 Å². The number of rotatable bonds is 6. The Hall–Kier alpha value is -2.82. The second-order valence-electron chi connectivity index (χ2n) is 5.69. The fourth-order valence-corrected chi connectivity index (χ4v) is 2.49. The van der Waals surface area contributed by atoms with E-state index in [0.717, 1.165) is 23.5 Å². The lowest BCUT2D eigenvalue weighted by atomic mass is 10.2. The average Bonchev–Trinajstić information content (AvgIpc) is 3.03. The van der Waals surface area contributed by atoms with E-state index in [1.54, 1.807) is 0 Å². The van der Waals surface area contributed by atoms with Gasteiger partial charge in [-0.1, -0.05) is 25.1 Å². The summed E-state index contributed by atoms with van der Waals surface area (Å²) < 4.78 is 7.50. The Morgan fingerprint density at radius 3 is 2.71 bits per heavy atom. The van der Waals surface area contributed by atoms with E-state index >= 15 is 0 Å². The molecule has 124 valence electrons. The fraction of sp³-hybridized carbons (Fsp3) is 0.263. The van der Waals surface area contributed by atoms with Gasteiger partial charge in [-0.05, 0) is 43.2 Å². The molecule has 0 aliphatic heterocycles. The van der Waals surface area contributed by atoms with Gasteiger partial charge in [0.2, 0.25) is 0 Å². The Balaban J connectivity index is 1.51. The summed E-state index contributed by atoms with van der Waals surface area (Å²) in [6.45, 7) is 4.51. The molecule has 0 spiro atoms. The van der Waals surface area contributed by atoms with Crippen LogP contribution in [-0.4, -0.2) is 21.9 Å². The molecule has 24 heavy (non-hydrogen) atoms. The first-order valence-corrected chi connectivity index (χ1v) is 8.07. The van der Waals surface area contributed by atoms with E-state index in [2.05, 4.69) is 17.2 Å².